The standard InChI is InChI=1S/C19H24N2O2/c1-20-16-9-11-19(22,12-10-16)18-8-7-17(13-21-18)23-14-15-5-3-2-4-6-15/h2-8,13,16,20,22H,9-12,14H2,1H3. The highest BCUT2D eigenvalue weighted by molar-refractivity contribution is 5.24. The van der Waals surface area contributed by atoms with Gasteiger partial charge in [0.2, 0.25) is 0 Å². The molecule has 0 unspecified atom stereocenters. The summed E-state index contributed by atoms with van der Waals surface area (Å²) in [4.78, 5) is 4.44. The van der Waals surface area contributed by atoms with Crippen molar-refractivity contribution in [3.8, 4) is 5.75 Å². The van der Waals surface area contributed by atoms with Crippen LogP contribution in [0, 0.1) is 0 Å². The van der Waals surface area contributed by atoms with Crippen LogP contribution >= 0.6 is 0 Å². The van der Waals surface area contributed by atoms with Gasteiger partial charge in [-0.3, -0.25) is 4.98 Å². The fourth-order valence-electron chi connectivity index (χ4n) is 3.12. The number of nitrogens with zero attached hydrogens (tertiary/aromatic N) is 1. The molecular weight excluding hydrogens is 288 g/mol. The monoisotopic (exact) mass is 312 g/mol. The zero-order valence-corrected chi connectivity index (χ0v) is 13.5. The molecule has 1 aromatic heterocycles. The van der Waals surface area contributed by atoms with Crippen molar-refractivity contribution < 1.29 is 9.84 Å². The van der Waals surface area contributed by atoms with Gasteiger partial charge >= 0.3 is 0 Å². The minimum atomic E-state index is -0.800. The van der Waals surface area contributed by atoms with Crippen LogP contribution < -0.4 is 10.1 Å². The maximum absolute atomic E-state index is 10.8. The maximum atomic E-state index is 10.8. The van der Waals surface area contributed by atoms with Gasteiger partial charge in [0.15, 0.2) is 0 Å². The normalized spacial score (nSPS) is 24.3. The van der Waals surface area contributed by atoms with E-state index in [9.17, 15) is 5.11 Å². The van der Waals surface area contributed by atoms with E-state index in [4.69, 9.17) is 4.74 Å². The Kier molecular flexibility index (Phi) is 4.94. The van der Waals surface area contributed by atoms with Gasteiger partial charge < -0.3 is 15.2 Å². The highest BCUT2D eigenvalue weighted by Gasteiger charge is 2.35. The van der Waals surface area contributed by atoms with Crippen molar-refractivity contribution in [1.29, 1.82) is 0 Å². The van der Waals surface area contributed by atoms with Crippen LogP contribution in [0.15, 0.2) is 48.7 Å². The second-order valence-corrected chi connectivity index (χ2v) is 6.25. The molecule has 0 atom stereocenters. The Hall–Kier alpha value is -1.91. The summed E-state index contributed by atoms with van der Waals surface area (Å²) >= 11 is 0. The first kappa shape index (κ1) is 16.0. The quantitative estimate of drug-likeness (QED) is 0.891. The molecule has 1 heterocycles. The lowest BCUT2D eigenvalue weighted by Gasteiger charge is -2.35. The molecule has 0 spiro atoms. The Morgan fingerprint density at radius 1 is 1.17 bits per heavy atom. The third-order valence-corrected chi connectivity index (χ3v) is 4.68. The molecule has 1 aromatic carbocycles. The third kappa shape index (κ3) is 3.89. The predicted molar refractivity (Wildman–Crippen MR) is 90.2 cm³/mol. The molecule has 0 aliphatic heterocycles. The molecule has 2 N–H and O–H groups in total. The number of hydrogen-bond acceptors (Lipinski definition) is 4. The van der Waals surface area contributed by atoms with E-state index in [1.165, 1.54) is 0 Å². The Balaban J connectivity index is 1.61. The molecule has 0 amide bonds. The number of aromatic nitrogens is 1. The van der Waals surface area contributed by atoms with Gasteiger partial charge in [0.25, 0.3) is 0 Å². The Morgan fingerprint density at radius 2 is 1.91 bits per heavy atom. The number of hydrogen-bond donors (Lipinski definition) is 2. The van der Waals surface area contributed by atoms with Crippen molar-refractivity contribution in [1.82, 2.24) is 10.3 Å². The Bertz CT molecular complexity index is 605. The number of pyridine rings is 1. The van der Waals surface area contributed by atoms with Crippen LogP contribution in [0.3, 0.4) is 0 Å². The van der Waals surface area contributed by atoms with Crippen molar-refractivity contribution in [3.05, 3.63) is 59.9 Å². The SMILES string of the molecule is CNC1CCC(O)(c2ccc(OCc3ccccc3)cn2)CC1. The van der Waals surface area contributed by atoms with E-state index in [0.717, 1.165) is 42.7 Å². The molecule has 1 saturated carbocycles. The molecular formula is C19H24N2O2. The summed E-state index contributed by atoms with van der Waals surface area (Å²) in [6.45, 7) is 0.524. The van der Waals surface area contributed by atoms with Gasteiger partial charge in [0.05, 0.1) is 11.9 Å². The lowest BCUT2D eigenvalue weighted by atomic mass is 9.80. The lowest BCUT2D eigenvalue weighted by molar-refractivity contribution is -0.0115. The fourth-order valence-corrected chi connectivity index (χ4v) is 3.12. The molecule has 1 fully saturated rings. The molecule has 0 saturated heterocycles. The van der Waals surface area contributed by atoms with E-state index in [-0.39, 0.29) is 0 Å². The molecule has 23 heavy (non-hydrogen) atoms. The second-order valence-electron chi connectivity index (χ2n) is 6.25. The molecule has 4 heteroatoms. The topological polar surface area (TPSA) is 54.4 Å². The zero-order valence-electron chi connectivity index (χ0n) is 13.5. The van der Waals surface area contributed by atoms with E-state index in [0.29, 0.717) is 12.6 Å². The van der Waals surface area contributed by atoms with Gasteiger partial charge in [-0.05, 0) is 50.4 Å². The highest BCUT2D eigenvalue weighted by atomic mass is 16.5. The minimum Gasteiger partial charge on any atom is -0.487 e. The summed E-state index contributed by atoms with van der Waals surface area (Å²) < 4.78 is 5.75. The first-order chi connectivity index (χ1) is 11.2. The van der Waals surface area contributed by atoms with Gasteiger partial charge in [-0.2, -0.15) is 0 Å². The summed E-state index contributed by atoms with van der Waals surface area (Å²) in [5.41, 5.74) is 1.07. The molecule has 3 rings (SSSR count). The summed E-state index contributed by atoms with van der Waals surface area (Å²) in [7, 11) is 1.98. The smallest absolute Gasteiger partial charge is 0.138 e. The summed E-state index contributed by atoms with van der Waals surface area (Å²) in [6, 6.07) is 14.3. The van der Waals surface area contributed by atoms with E-state index >= 15 is 0 Å². The molecule has 1 aliphatic carbocycles. The minimum absolute atomic E-state index is 0.503. The molecule has 1 aliphatic rings. The van der Waals surface area contributed by atoms with Gasteiger partial charge in [-0.25, -0.2) is 0 Å². The van der Waals surface area contributed by atoms with Gasteiger partial charge in [-0.15, -0.1) is 0 Å². The van der Waals surface area contributed by atoms with E-state index in [2.05, 4.69) is 10.3 Å². The zero-order chi connectivity index (χ0) is 16.1. The van der Waals surface area contributed by atoms with Crippen LogP contribution in [0.5, 0.6) is 5.75 Å². The van der Waals surface area contributed by atoms with Crippen molar-refractivity contribution in [3.63, 3.8) is 0 Å². The van der Waals surface area contributed by atoms with Crippen LogP contribution in [0.2, 0.25) is 0 Å². The summed E-state index contributed by atoms with van der Waals surface area (Å²) in [5, 5.41) is 14.1. The summed E-state index contributed by atoms with van der Waals surface area (Å²) in [6.07, 6.45) is 5.15. The van der Waals surface area contributed by atoms with Crippen molar-refractivity contribution in [2.45, 2.75) is 43.9 Å². The van der Waals surface area contributed by atoms with Gasteiger partial charge in [-0.1, -0.05) is 30.3 Å². The first-order valence-corrected chi connectivity index (χ1v) is 8.22. The number of aliphatic hydroxyl groups is 1. The van der Waals surface area contributed by atoms with Gasteiger partial charge in [0, 0.05) is 6.04 Å². The van der Waals surface area contributed by atoms with E-state index in [1.807, 2.05) is 49.5 Å². The van der Waals surface area contributed by atoms with E-state index < -0.39 is 5.60 Å². The average Bonchev–Trinajstić information content (AvgIpc) is 2.62. The van der Waals surface area contributed by atoms with E-state index in [1.54, 1.807) is 6.20 Å². The predicted octanol–water partition coefficient (Wildman–Crippen LogP) is 3.01. The molecule has 122 valence electrons. The molecule has 2 aromatic rings. The number of rotatable bonds is 5. The first-order valence-electron chi connectivity index (χ1n) is 8.22. The van der Waals surface area contributed by atoms with Crippen LogP contribution in [-0.4, -0.2) is 23.2 Å². The number of ether oxygens (including phenoxy) is 1. The lowest BCUT2D eigenvalue weighted by Crippen LogP contribution is -2.38. The fraction of sp³-hybridized carbons (Fsp3) is 0.421. The average molecular weight is 312 g/mol. The van der Waals surface area contributed by atoms with Crippen LogP contribution in [0.25, 0.3) is 0 Å². The van der Waals surface area contributed by atoms with Crippen molar-refractivity contribution in [2.75, 3.05) is 7.05 Å². The van der Waals surface area contributed by atoms with Crippen LogP contribution in [0.4, 0.5) is 0 Å². The Morgan fingerprint density at radius 3 is 2.52 bits per heavy atom. The molecule has 0 radical (unpaired) electrons. The van der Waals surface area contributed by atoms with Crippen LogP contribution in [0.1, 0.15) is 36.9 Å². The molecule has 0 bridgehead atoms. The van der Waals surface area contributed by atoms with Crippen molar-refractivity contribution in [2.24, 2.45) is 0 Å². The number of nitrogens with one attached hydrogen (secondary N) is 1. The third-order valence-electron chi connectivity index (χ3n) is 4.68. The second kappa shape index (κ2) is 7.11. The summed E-state index contributed by atoms with van der Waals surface area (Å²) in [5.74, 6) is 0.727. The highest BCUT2D eigenvalue weighted by Crippen LogP contribution is 2.36. The maximum Gasteiger partial charge on any atom is 0.138 e. The van der Waals surface area contributed by atoms with Gasteiger partial charge in [0.1, 0.15) is 18.0 Å². The number of benzene rings is 1. The van der Waals surface area contributed by atoms with Crippen molar-refractivity contribution >= 4 is 0 Å². The molecule has 4 nitrogen and oxygen atoms in total. The van der Waals surface area contributed by atoms with Crippen LogP contribution in [-0.2, 0) is 12.2 Å². The largest absolute Gasteiger partial charge is 0.487 e. The Labute approximate surface area is 137 Å².